The van der Waals surface area contributed by atoms with Gasteiger partial charge in [-0.15, -0.1) is 0 Å². The molecule has 0 bridgehead atoms. The van der Waals surface area contributed by atoms with Gasteiger partial charge in [-0.05, 0) is 36.7 Å². The molecular weight excluding hydrogens is 263 g/mol. The van der Waals surface area contributed by atoms with E-state index >= 15 is 0 Å². The van der Waals surface area contributed by atoms with Crippen LogP contribution in [0.3, 0.4) is 0 Å². The minimum Gasteiger partial charge on any atom is -0.381 e. The van der Waals surface area contributed by atoms with Crippen LogP contribution >= 0.6 is 11.8 Å². The van der Waals surface area contributed by atoms with E-state index in [9.17, 15) is 13.2 Å². The maximum Gasteiger partial charge on any atom is 0.446 e. The van der Waals surface area contributed by atoms with Gasteiger partial charge >= 0.3 is 5.51 Å². The van der Waals surface area contributed by atoms with Crippen LogP contribution < -0.4 is 5.32 Å². The zero-order chi connectivity index (χ0) is 13.0. The summed E-state index contributed by atoms with van der Waals surface area (Å²) in [7, 11) is 0. The van der Waals surface area contributed by atoms with Crippen LogP contribution in [-0.4, -0.2) is 24.8 Å². The molecular formula is C12H14F3NOS. The van der Waals surface area contributed by atoms with Gasteiger partial charge in [-0.2, -0.15) is 13.2 Å². The lowest BCUT2D eigenvalue weighted by molar-refractivity contribution is -0.0328. The van der Waals surface area contributed by atoms with Gasteiger partial charge in [-0.3, -0.25) is 0 Å². The van der Waals surface area contributed by atoms with Crippen LogP contribution in [0, 0.1) is 0 Å². The van der Waals surface area contributed by atoms with Crippen LogP contribution in [0.15, 0.2) is 29.2 Å². The number of thioether (sulfide) groups is 1. The first-order valence-corrected chi connectivity index (χ1v) is 6.55. The summed E-state index contributed by atoms with van der Waals surface area (Å²) in [5.41, 5.74) is -3.71. The Morgan fingerprint density at radius 2 is 1.83 bits per heavy atom. The van der Waals surface area contributed by atoms with Gasteiger partial charge in [0.25, 0.3) is 0 Å². The first kappa shape index (κ1) is 13.5. The number of anilines is 1. The summed E-state index contributed by atoms with van der Waals surface area (Å²) in [6.45, 7) is 1.32. The molecule has 1 heterocycles. The topological polar surface area (TPSA) is 21.3 Å². The summed E-state index contributed by atoms with van der Waals surface area (Å²) in [5.74, 6) is 0. The van der Waals surface area contributed by atoms with Crippen LogP contribution in [-0.2, 0) is 4.74 Å². The standard InChI is InChI=1S/C12H14F3NOS/c13-12(14,15)18-11-4-2-1-3-10(11)16-9-5-7-17-8-6-9/h1-4,9,16H,5-8H2. The number of benzene rings is 1. The molecule has 0 radical (unpaired) electrons. The Hall–Kier alpha value is -0.880. The van der Waals surface area contributed by atoms with E-state index in [1.807, 2.05) is 0 Å². The highest BCUT2D eigenvalue weighted by Gasteiger charge is 2.30. The summed E-state index contributed by atoms with van der Waals surface area (Å²) in [6.07, 6.45) is 1.65. The Morgan fingerprint density at radius 1 is 1.17 bits per heavy atom. The fraction of sp³-hybridized carbons (Fsp3) is 0.500. The van der Waals surface area contributed by atoms with Gasteiger partial charge in [-0.1, -0.05) is 12.1 Å². The van der Waals surface area contributed by atoms with Gasteiger partial charge in [0.2, 0.25) is 0 Å². The van der Waals surface area contributed by atoms with E-state index in [0.717, 1.165) is 12.8 Å². The van der Waals surface area contributed by atoms with E-state index in [0.29, 0.717) is 18.9 Å². The Labute approximate surface area is 108 Å². The SMILES string of the molecule is FC(F)(F)Sc1ccccc1NC1CCOCC1. The Bertz CT molecular complexity index is 391. The van der Waals surface area contributed by atoms with Crippen molar-refractivity contribution in [2.75, 3.05) is 18.5 Å². The molecule has 1 aliphatic heterocycles. The highest BCUT2D eigenvalue weighted by molar-refractivity contribution is 8.00. The van der Waals surface area contributed by atoms with Crippen molar-refractivity contribution < 1.29 is 17.9 Å². The number of para-hydroxylation sites is 1. The molecule has 0 saturated carbocycles. The van der Waals surface area contributed by atoms with E-state index in [-0.39, 0.29) is 22.7 Å². The molecule has 0 unspecified atom stereocenters. The van der Waals surface area contributed by atoms with Crippen molar-refractivity contribution in [2.45, 2.75) is 29.3 Å². The van der Waals surface area contributed by atoms with Crippen LogP contribution in [0.4, 0.5) is 18.9 Å². The molecule has 0 spiro atoms. The van der Waals surface area contributed by atoms with Crippen molar-refractivity contribution in [3.05, 3.63) is 24.3 Å². The number of halogens is 3. The summed E-state index contributed by atoms with van der Waals surface area (Å²) in [5, 5.41) is 3.17. The molecule has 0 aromatic heterocycles. The second-order valence-corrected chi connectivity index (χ2v) is 5.18. The van der Waals surface area contributed by atoms with Crippen molar-refractivity contribution in [3.8, 4) is 0 Å². The van der Waals surface area contributed by atoms with Gasteiger partial charge in [-0.25, -0.2) is 0 Å². The number of rotatable bonds is 3. The molecule has 2 rings (SSSR count). The highest BCUT2D eigenvalue weighted by atomic mass is 32.2. The predicted octanol–water partition coefficient (Wildman–Crippen LogP) is 3.89. The first-order chi connectivity index (χ1) is 8.54. The van der Waals surface area contributed by atoms with Gasteiger partial charge in [0.15, 0.2) is 0 Å². The fourth-order valence-corrected chi connectivity index (χ4v) is 2.49. The minimum atomic E-state index is -4.26. The van der Waals surface area contributed by atoms with Gasteiger partial charge in [0.05, 0.1) is 0 Å². The Morgan fingerprint density at radius 3 is 2.50 bits per heavy atom. The van der Waals surface area contributed by atoms with E-state index in [4.69, 9.17) is 4.74 Å². The quantitative estimate of drug-likeness (QED) is 0.847. The largest absolute Gasteiger partial charge is 0.446 e. The van der Waals surface area contributed by atoms with Crippen molar-refractivity contribution >= 4 is 17.4 Å². The van der Waals surface area contributed by atoms with Crippen LogP contribution in [0.2, 0.25) is 0 Å². The molecule has 1 aliphatic rings. The Kier molecular flexibility index (Phi) is 4.40. The lowest BCUT2D eigenvalue weighted by atomic mass is 10.1. The van der Waals surface area contributed by atoms with Crippen molar-refractivity contribution in [1.29, 1.82) is 0 Å². The maximum atomic E-state index is 12.4. The van der Waals surface area contributed by atoms with Crippen molar-refractivity contribution in [3.63, 3.8) is 0 Å². The van der Waals surface area contributed by atoms with Crippen molar-refractivity contribution in [1.82, 2.24) is 0 Å². The molecule has 1 fully saturated rings. The number of hydrogen-bond acceptors (Lipinski definition) is 3. The fourth-order valence-electron chi connectivity index (χ4n) is 1.86. The lowest BCUT2D eigenvalue weighted by Gasteiger charge is -2.25. The monoisotopic (exact) mass is 277 g/mol. The molecule has 1 N–H and O–H groups in total. The average Bonchev–Trinajstić information content (AvgIpc) is 2.31. The predicted molar refractivity (Wildman–Crippen MR) is 65.8 cm³/mol. The highest BCUT2D eigenvalue weighted by Crippen LogP contribution is 2.40. The summed E-state index contributed by atoms with van der Waals surface area (Å²) < 4.78 is 42.5. The third-order valence-electron chi connectivity index (χ3n) is 2.69. The number of nitrogens with one attached hydrogen (secondary N) is 1. The first-order valence-electron chi connectivity index (χ1n) is 5.74. The van der Waals surface area contributed by atoms with Crippen LogP contribution in [0.1, 0.15) is 12.8 Å². The third kappa shape index (κ3) is 4.10. The lowest BCUT2D eigenvalue weighted by Crippen LogP contribution is -2.28. The molecule has 2 nitrogen and oxygen atoms in total. The molecule has 0 aliphatic carbocycles. The van der Waals surface area contributed by atoms with E-state index in [1.165, 1.54) is 6.07 Å². The third-order valence-corrected chi connectivity index (χ3v) is 3.50. The van der Waals surface area contributed by atoms with Gasteiger partial charge < -0.3 is 10.1 Å². The second-order valence-electron chi connectivity index (χ2n) is 4.07. The van der Waals surface area contributed by atoms with Gasteiger partial charge in [0.1, 0.15) is 0 Å². The second kappa shape index (κ2) is 5.84. The molecule has 100 valence electrons. The van der Waals surface area contributed by atoms with Crippen LogP contribution in [0.5, 0.6) is 0 Å². The molecule has 18 heavy (non-hydrogen) atoms. The Balaban J connectivity index is 2.06. The van der Waals surface area contributed by atoms with Crippen LogP contribution in [0.25, 0.3) is 0 Å². The van der Waals surface area contributed by atoms with Gasteiger partial charge in [0, 0.05) is 29.8 Å². The molecule has 0 amide bonds. The zero-order valence-electron chi connectivity index (χ0n) is 9.67. The smallest absolute Gasteiger partial charge is 0.381 e. The molecule has 1 saturated heterocycles. The maximum absolute atomic E-state index is 12.4. The van der Waals surface area contributed by atoms with E-state index < -0.39 is 5.51 Å². The summed E-state index contributed by atoms with van der Waals surface area (Å²) in [6, 6.07) is 6.71. The normalized spacial score (nSPS) is 17.7. The van der Waals surface area contributed by atoms with Crippen molar-refractivity contribution in [2.24, 2.45) is 0 Å². The summed E-state index contributed by atoms with van der Waals surface area (Å²) in [4.78, 5) is 0.219. The van der Waals surface area contributed by atoms with E-state index in [2.05, 4.69) is 5.32 Å². The number of alkyl halides is 3. The average molecular weight is 277 g/mol. The summed E-state index contributed by atoms with van der Waals surface area (Å²) >= 11 is -0.0778. The molecule has 6 heteroatoms. The number of ether oxygens (including phenoxy) is 1. The van der Waals surface area contributed by atoms with E-state index in [1.54, 1.807) is 18.2 Å². The zero-order valence-corrected chi connectivity index (χ0v) is 10.5. The minimum absolute atomic E-state index is 0.0778. The molecule has 1 aromatic rings. The number of hydrogen-bond donors (Lipinski definition) is 1. The molecule has 0 atom stereocenters. The molecule has 1 aromatic carbocycles.